The molecule has 0 aliphatic heterocycles. The first-order valence-corrected chi connectivity index (χ1v) is 3.02. The normalized spacial score (nSPS) is 12.4. The Bertz CT molecular complexity index is 106. The van der Waals surface area contributed by atoms with Gasteiger partial charge in [0.25, 0.3) is 0 Å². The van der Waals surface area contributed by atoms with Gasteiger partial charge in [-0.2, -0.15) is 0 Å². The van der Waals surface area contributed by atoms with Gasteiger partial charge in [-0.15, -0.1) is 0 Å². The van der Waals surface area contributed by atoms with Gasteiger partial charge in [0.15, 0.2) is 0 Å². The zero-order valence-corrected chi connectivity index (χ0v) is 5.79. The summed E-state index contributed by atoms with van der Waals surface area (Å²) in [5.74, 6) is -0.556. The Morgan fingerprint density at radius 2 is 2.00 bits per heavy atom. The van der Waals surface area contributed by atoms with Crippen LogP contribution in [-0.2, 0) is 4.79 Å². The molecule has 0 spiro atoms. The van der Waals surface area contributed by atoms with Gasteiger partial charge in [-0.05, 0) is 12.3 Å². The van der Waals surface area contributed by atoms with E-state index in [1.54, 1.807) is 0 Å². The molecule has 0 heterocycles. The summed E-state index contributed by atoms with van der Waals surface area (Å²) in [6.07, 6.45) is 0.551. The van der Waals surface area contributed by atoms with Crippen LogP contribution < -0.4 is 5.73 Å². The molecule has 0 radical (unpaired) electrons. The third kappa shape index (κ3) is 6.42. The van der Waals surface area contributed by atoms with E-state index in [0.717, 1.165) is 0 Å². The van der Waals surface area contributed by atoms with Crippen LogP contribution >= 0.6 is 0 Å². The number of aliphatic carboxylic acids is 1. The third-order valence-electron chi connectivity index (χ3n) is 1.04. The molecule has 0 amide bonds. The Morgan fingerprint density at radius 3 is 2.10 bits per heavy atom. The maximum atomic E-state index is 10.1. The van der Waals surface area contributed by atoms with Crippen molar-refractivity contribution in [1.29, 1.82) is 0 Å². The van der Waals surface area contributed by atoms with Crippen molar-refractivity contribution < 1.29 is 9.90 Å². The Hall–Kier alpha value is 0.300. The van der Waals surface area contributed by atoms with Gasteiger partial charge in [0, 0.05) is 0 Å². The fourth-order valence-electron chi connectivity index (χ4n) is 0.609. The van der Waals surface area contributed by atoms with E-state index in [1.165, 1.54) is 0 Å². The predicted molar refractivity (Wildman–Crippen MR) is 45.0 cm³/mol. The molecule has 0 saturated heterocycles. The van der Waals surface area contributed by atoms with Crippen molar-refractivity contribution in [1.82, 2.24) is 0 Å². The van der Waals surface area contributed by atoms with Gasteiger partial charge >= 0.3 is 31.8 Å². The molecule has 0 saturated carbocycles. The Balaban J connectivity index is 0. The first-order valence-electron chi connectivity index (χ1n) is 3.02. The van der Waals surface area contributed by atoms with Crippen LogP contribution in [0.1, 0.15) is 20.3 Å². The molecule has 0 fully saturated rings. The van der Waals surface area contributed by atoms with E-state index in [9.17, 15) is 4.79 Å². The van der Waals surface area contributed by atoms with Crippen LogP contribution in [0, 0.1) is 5.92 Å². The summed E-state index contributed by atoms with van der Waals surface area (Å²) >= 11 is 0. The van der Waals surface area contributed by atoms with Crippen molar-refractivity contribution in [2.45, 2.75) is 26.3 Å². The van der Waals surface area contributed by atoms with Crippen LogP contribution in [0.15, 0.2) is 0 Å². The van der Waals surface area contributed by atoms with Gasteiger partial charge in [-0.3, -0.25) is 4.79 Å². The average molecular weight is 249 g/mol. The van der Waals surface area contributed by atoms with E-state index in [-0.39, 0.29) is 25.8 Å². The van der Waals surface area contributed by atoms with Crippen molar-refractivity contribution >= 4 is 31.8 Å². The van der Waals surface area contributed by atoms with Gasteiger partial charge in [0.05, 0.1) is 0 Å². The van der Waals surface area contributed by atoms with E-state index < -0.39 is 12.0 Å². The number of carboxylic acids is 1. The average Bonchev–Trinajstić information content (AvgIpc) is 1.63. The van der Waals surface area contributed by atoms with Crippen molar-refractivity contribution in [3.63, 3.8) is 0 Å². The first-order chi connectivity index (χ1) is 4.04. The number of carboxylic acid groups (broad SMARTS) is 1. The number of rotatable bonds is 3. The van der Waals surface area contributed by atoms with Crippen molar-refractivity contribution in [2.75, 3.05) is 0 Å². The summed E-state index contributed by atoms with van der Waals surface area (Å²) in [6.45, 7) is 3.89. The predicted octanol–water partition coefficient (Wildman–Crippen LogP) is -0.740. The molecule has 1 unspecified atom stereocenters. The summed E-state index contributed by atoms with van der Waals surface area (Å²) in [5.41, 5.74) is 5.22. The molecule has 0 aliphatic carbocycles. The summed E-state index contributed by atoms with van der Waals surface area (Å²) in [5, 5.41) is 8.31. The van der Waals surface area contributed by atoms with Crippen LogP contribution in [0.2, 0.25) is 0 Å². The number of hydrogen-bond donors (Lipinski definition) is 2. The molecule has 10 heavy (non-hydrogen) atoms. The number of hydrogen-bond acceptors (Lipinski definition) is 2. The summed E-state index contributed by atoms with van der Waals surface area (Å²) in [6, 6.07) is -0.690. The number of nitrogens with two attached hydrogens (primary N) is 1. The van der Waals surface area contributed by atoms with E-state index in [0.29, 0.717) is 12.3 Å². The minimum absolute atomic E-state index is 0. The van der Waals surface area contributed by atoms with Crippen molar-refractivity contribution in [3.8, 4) is 0 Å². The molecule has 3 N–H and O–H groups in total. The monoisotopic (exact) mass is 249 g/mol. The summed E-state index contributed by atoms with van der Waals surface area (Å²) in [4.78, 5) is 10.1. The molecule has 0 rings (SSSR count). The molecule has 0 aromatic carbocycles. The standard InChI is InChI=1S/C6H13NO2.In.3H/c1-4(2)3-5(7)6(8)9;;;;/h4-5H,3,7H2,1-2H3,(H,8,9);;;;. The number of carbonyl (C=O) groups is 1. The molecule has 0 aliphatic rings. The van der Waals surface area contributed by atoms with Gasteiger partial charge in [-0.25, -0.2) is 0 Å². The Labute approximate surface area is 79.8 Å². The Morgan fingerprint density at radius 1 is 1.60 bits per heavy atom. The zero-order chi connectivity index (χ0) is 7.44. The van der Waals surface area contributed by atoms with Crippen molar-refractivity contribution in [3.05, 3.63) is 0 Å². The minimum atomic E-state index is -0.913. The third-order valence-corrected chi connectivity index (χ3v) is 1.04. The second kappa shape index (κ2) is 6.04. The SMILES string of the molecule is CC(C)CC(N)C(=O)O.[InH3]. The second-order valence-corrected chi connectivity index (χ2v) is 2.57. The topological polar surface area (TPSA) is 63.3 Å². The molecule has 0 bridgehead atoms. The van der Waals surface area contributed by atoms with E-state index in [2.05, 4.69) is 0 Å². The molecule has 1 atom stereocenters. The summed E-state index contributed by atoms with van der Waals surface area (Å²) < 4.78 is 0. The van der Waals surface area contributed by atoms with Crippen molar-refractivity contribution in [2.24, 2.45) is 11.7 Å². The molecular weight excluding hydrogens is 233 g/mol. The molecular formula is C6H16InNO2. The van der Waals surface area contributed by atoms with Crippen LogP contribution in [0.25, 0.3) is 0 Å². The quantitative estimate of drug-likeness (QED) is 0.692. The van der Waals surface area contributed by atoms with E-state index >= 15 is 0 Å². The molecule has 0 aromatic rings. The van der Waals surface area contributed by atoms with Crippen LogP contribution in [0.3, 0.4) is 0 Å². The van der Waals surface area contributed by atoms with Crippen LogP contribution in [0.5, 0.6) is 0 Å². The van der Waals surface area contributed by atoms with E-state index in [1.807, 2.05) is 13.8 Å². The molecule has 0 aromatic heterocycles. The Kier molecular flexibility index (Phi) is 7.81. The molecule has 60 valence electrons. The van der Waals surface area contributed by atoms with Gasteiger partial charge in [0.1, 0.15) is 6.04 Å². The maximum absolute atomic E-state index is 10.1. The molecule has 3 nitrogen and oxygen atoms in total. The van der Waals surface area contributed by atoms with E-state index in [4.69, 9.17) is 10.8 Å². The van der Waals surface area contributed by atoms with Crippen LogP contribution in [0.4, 0.5) is 0 Å². The molecule has 4 heteroatoms. The fourth-order valence-corrected chi connectivity index (χ4v) is 0.609. The van der Waals surface area contributed by atoms with Gasteiger partial charge < -0.3 is 10.8 Å². The fraction of sp³-hybridized carbons (Fsp3) is 0.833. The summed E-state index contributed by atoms with van der Waals surface area (Å²) in [7, 11) is 0. The zero-order valence-electron chi connectivity index (χ0n) is 5.79. The first kappa shape index (κ1) is 12.9. The second-order valence-electron chi connectivity index (χ2n) is 2.57. The van der Waals surface area contributed by atoms with Crippen LogP contribution in [-0.4, -0.2) is 43.0 Å². The van der Waals surface area contributed by atoms with Gasteiger partial charge in [-0.1, -0.05) is 13.8 Å². The van der Waals surface area contributed by atoms with Gasteiger partial charge in [0.2, 0.25) is 0 Å².